The number of sulfonamides is 1. The average molecular weight is 521 g/mol. The van der Waals surface area contributed by atoms with Crippen molar-refractivity contribution < 1.29 is 32.7 Å². The lowest BCUT2D eigenvalue weighted by molar-refractivity contribution is -0.140. The van der Waals surface area contributed by atoms with E-state index >= 15 is 0 Å². The molecule has 0 unspecified atom stereocenters. The Balaban J connectivity index is 1.42. The van der Waals surface area contributed by atoms with Crippen LogP contribution in [0.1, 0.15) is 50.0 Å². The molecule has 4 rings (SSSR count). The first-order valence-corrected chi connectivity index (χ1v) is 13.5. The maximum atomic E-state index is 13.1. The fourth-order valence-electron chi connectivity index (χ4n) is 4.00. The smallest absolute Gasteiger partial charge is 0.480 e. The number of carboxylic acids is 1. The van der Waals surface area contributed by atoms with Crippen molar-refractivity contribution in [2.45, 2.75) is 54.9 Å². The van der Waals surface area contributed by atoms with Crippen LogP contribution in [0.3, 0.4) is 0 Å². The van der Waals surface area contributed by atoms with Crippen molar-refractivity contribution in [3.63, 3.8) is 0 Å². The van der Waals surface area contributed by atoms with Gasteiger partial charge in [-0.2, -0.15) is 4.72 Å². The Morgan fingerprint density at radius 2 is 1.89 bits per heavy atom. The van der Waals surface area contributed by atoms with Crippen molar-refractivity contribution >= 4 is 39.1 Å². The van der Waals surface area contributed by atoms with Gasteiger partial charge in [-0.15, -0.1) is 16.4 Å². The summed E-state index contributed by atoms with van der Waals surface area (Å²) in [6.45, 7) is 6.03. The highest BCUT2D eigenvalue weighted by Crippen LogP contribution is 2.52. The summed E-state index contributed by atoms with van der Waals surface area (Å²) in [5.41, 5.74) is -0.479. The van der Waals surface area contributed by atoms with Gasteiger partial charge in [0.1, 0.15) is 15.3 Å². The molecule has 2 aromatic rings. The molecule has 0 radical (unpaired) electrons. The first-order chi connectivity index (χ1) is 16.4. The fourth-order valence-corrected chi connectivity index (χ4v) is 6.78. The lowest BCUT2D eigenvalue weighted by atomic mass is 10.1. The number of aliphatic carboxylic acids is 1. The van der Waals surface area contributed by atoms with E-state index in [1.54, 1.807) is 51.1 Å². The summed E-state index contributed by atoms with van der Waals surface area (Å²) in [4.78, 5) is 29.9. The minimum atomic E-state index is -4.04. The Morgan fingerprint density at radius 1 is 1.17 bits per heavy atom. The predicted molar refractivity (Wildman–Crippen MR) is 130 cm³/mol. The number of nitrogens with zero attached hydrogens (tertiary/aromatic N) is 1. The third-order valence-electron chi connectivity index (χ3n) is 5.79. The van der Waals surface area contributed by atoms with Gasteiger partial charge in [0, 0.05) is 17.3 Å². The average Bonchev–Trinajstić information content (AvgIpc) is 3.26. The second-order valence-corrected chi connectivity index (χ2v) is 12.6. The number of thiophene rings is 1. The summed E-state index contributed by atoms with van der Waals surface area (Å²) in [5, 5.41) is 11.3. The van der Waals surface area contributed by atoms with E-state index in [0.717, 1.165) is 27.4 Å². The van der Waals surface area contributed by atoms with E-state index in [2.05, 4.69) is 4.72 Å². The summed E-state index contributed by atoms with van der Waals surface area (Å²) in [5.74, 6) is -1.61. The Labute approximate surface area is 208 Å². The molecule has 1 aromatic carbocycles. The Bertz CT molecular complexity index is 1250. The molecule has 2 aliphatic rings. The van der Waals surface area contributed by atoms with E-state index in [0.29, 0.717) is 19.5 Å². The maximum Gasteiger partial charge on any atom is 0.528 e. The highest BCUT2D eigenvalue weighted by atomic mass is 32.2. The van der Waals surface area contributed by atoms with E-state index in [1.807, 2.05) is 12.1 Å². The van der Waals surface area contributed by atoms with Gasteiger partial charge in [0.2, 0.25) is 0 Å². The molecule has 188 valence electrons. The fraction of sp³-hybridized carbons (Fsp3) is 0.417. The zero-order chi connectivity index (χ0) is 25.4. The number of carbonyl (C=O) groups is 2. The van der Waals surface area contributed by atoms with E-state index in [-0.39, 0.29) is 10.6 Å². The Morgan fingerprint density at radius 3 is 2.49 bits per heavy atom. The predicted octanol–water partition coefficient (Wildman–Crippen LogP) is 3.99. The van der Waals surface area contributed by atoms with Gasteiger partial charge in [-0.1, -0.05) is 36.4 Å². The lowest BCUT2D eigenvalue weighted by Crippen LogP contribution is -2.44. The number of benzene rings is 1. The molecule has 1 saturated carbocycles. The number of rotatable bonds is 7. The molecule has 2 N–H and O–H groups in total. The number of hydrogen-bond donors (Lipinski definition) is 2. The molecule has 1 fully saturated rings. The van der Waals surface area contributed by atoms with Crippen LogP contribution in [-0.4, -0.2) is 54.9 Å². The summed E-state index contributed by atoms with van der Waals surface area (Å²) >= 11 is 1.08. The summed E-state index contributed by atoms with van der Waals surface area (Å²) in [7, 11) is -4.04. The first kappa shape index (κ1) is 25.4. The van der Waals surface area contributed by atoms with E-state index < -0.39 is 39.2 Å². The number of nitrogens with one attached hydrogen (secondary N) is 1. The van der Waals surface area contributed by atoms with Gasteiger partial charge in [-0.05, 0) is 56.9 Å². The van der Waals surface area contributed by atoms with Crippen LogP contribution in [0.5, 0.6) is 0 Å². The molecular weight excluding hydrogens is 492 g/mol. The SMILES string of the molecule is CC(C)(C)OC(=O)ON1CC=C(c2ccc(S(=O)(=O)N[C@@]3(C(=O)O)C[C@@H]3c3ccccc3)s2)CC1. The molecule has 0 amide bonds. The number of hydroxylamine groups is 2. The van der Waals surface area contributed by atoms with Crippen LogP contribution in [0.25, 0.3) is 5.57 Å². The third-order valence-corrected chi connectivity index (χ3v) is 8.95. The van der Waals surface area contributed by atoms with Crippen molar-refractivity contribution in [2.24, 2.45) is 0 Å². The largest absolute Gasteiger partial charge is 0.528 e. The molecule has 0 bridgehead atoms. The summed E-state index contributed by atoms with van der Waals surface area (Å²) < 4.78 is 33.8. The molecule has 0 spiro atoms. The van der Waals surface area contributed by atoms with Crippen molar-refractivity contribution in [2.75, 3.05) is 13.1 Å². The summed E-state index contributed by atoms with van der Waals surface area (Å²) in [6, 6.07) is 12.2. The Hall–Kier alpha value is -2.73. The van der Waals surface area contributed by atoms with Gasteiger partial charge >= 0.3 is 12.1 Å². The maximum absolute atomic E-state index is 13.1. The van der Waals surface area contributed by atoms with Gasteiger partial charge in [-0.3, -0.25) is 4.79 Å². The molecule has 0 saturated heterocycles. The van der Waals surface area contributed by atoms with Crippen LogP contribution < -0.4 is 4.72 Å². The first-order valence-electron chi connectivity index (χ1n) is 11.2. The highest BCUT2D eigenvalue weighted by molar-refractivity contribution is 7.91. The van der Waals surface area contributed by atoms with Crippen LogP contribution in [0, 0.1) is 0 Å². The van der Waals surface area contributed by atoms with Crippen molar-refractivity contribution in [1.82, 2.24) is 9.79 Å². The molecule has 11 heteroatoms. The topological polar surface area (TPSA) is 122 Å². The molecule has 1 aromatic heterocycles. The van der Waals surface area contributed by atoms with Crippen LogP contribution >= 0.6 is 11.3 Å². The van der Waals surface area contributed by atoms with Crippen LogP contribution in [0.4, 0.5) is 4.79 Å². The molecule has 1 aliphatic heterocycles. The van der Waals surface area contributed by atoms with E-state index in [4.69, 9.17) is 9.57 Å². The molecule has 2 atom stereocenters. The van der Waals surface area contributed by atoms with Gasteiger partial charge in [0.05, 0.1) is 6.54 Å². The van der Waals surface area contributed by atoms with Gasteiger partial charge < -0.3 is 14.7 Å². The third kappa shape index (κ3) is 5.75. The molecule has 35 heavy (non-hydrogen) atoms. The molecule has 9 nitrogen and oxygen atoms in total. The normalized spacial score (nSPS) is 22.8. The van der Waals surface area contributed by atoms with Crippen LogP contribution in [0.2, 0.25) is 0 Å². The quantitative estimate of drug-likeness (QED) is 0.526. The number of carboxylic acid groups (broad SMARTS) is 1. The number of carbonyl (C=O) groups excluding carboxylic acids is 1. The monoisotopic (exact) mass is 520 g/mol. The van der Waals surface area contributed by atoms with Gasteiger partial charge in [0.15, 0.2) is 0 Å². The number of ether oxygens (including phenoxy) is 1. The van der Waals surface area contributed by atoms with Crippen molar-refractivity contribution in [3.8, 4) is 0 Å². The summed E-state index contributed by atoms with van der Waals surface area (Å²) in [6.07, 6.45) is 1.84. The van der Waals surface area contributed by atoms with E-state index in [1.165, 1.54) is 11.1 Å². The lowest BCUT2D eigenvalue weighted by Gasteiger charge is -2.26. The van der Waals surface area contributed by atoms with Crippen LogP contribution in [-0.2, 0) is 24.4 Å². The molecular formula is C24H28N2O7S2. The minimum absolute atomic E-state index is 0.0557. The van der Waals surface area contributed by atoms with Gasteiger partial charge in [-0.25, -0.2) is 13.2 Å². The van der Waals surface area contributed by atoms with Gasteiger partial charge in [0.25, 0.3) is 10.0 Å². The zero-order valence-corrected chi connectivity index (χ0v) is 21.3. The highest BCUT2D eigenvalue weighted by Gasteiger charge is 2.63. The molecule has 1 aliphatic carbocycles. The zero-order valence-electron chi connectivity index (χ0n) is 19.7. The van der Waals surface area contributed by atoms with Crippen molar-refractivity contribution in [3.05, 3.63) is 59.0 Å². The van der Waals surface area contributed by atoms with Crippen molar-refractivity contribution in [1.29, 1.82) is 0 Å². The Kier molecular flexibility index (Phi) is 6.80. The minimum Gasteiger partial charge on any atom is -0.480 e. The standard InChI is InChI=1S/C24H28N2O7S2/c1-23(2,3)32-22(29)33-26-13-11-17(12-14-26)19-9-10-20(34-19)35(30,31)25-24(21(27)28)15-18(24)16-7-5-4-6-8-16/h4-11,18,25H,12-15H2,1-3H3,(H,27,28)/t18-,24+/m1/s1. The van der Waals surface area contributed by atoms with E-state index in [9.17, 15) is 23.1 Å². The second kappa shape index (κ2) is 9.38. The molecule has 2 heterocycles. The van der Waals surface area contributed by atoms with Crippen LogP contribution in [0.15, 0.2) is 52.7 Å². The number of hydrogen-bond acceptors (Lipinski definition) is 8. The second-order valence-electron chi connectivity index (χ2n) is 9.59.